The summed E-state index contributed by atoms with van der Waals surface area (Å²) in [6.45, 7) is 8.68. The first-order valence-corrected chi connectivity index (χ1v) is 5.63. The average Bonchev–Trinajstić information content (AvgIpc) is 2.14. The van der Waals surface area contributed by atoms with Gasteiger partial charge in [-0.2, -0.15) is 0 Å². The number of pyridine rings is 1. The number of carboxylic acids is 1. The lowest BCUT2D eigenvalue weighted by Gasteiger charge is -2.17. The fourth-order valence-electron chi connectivity index (χ4n) is 1.30. The molecule has 1 aromatic heterocycles. The Balaban J connectivity index is 2.68. The molecule has 0 aliphatic carbocycles. The van der Waals surface area contributed by atoms with E-state index in [1.165, 1.54) is 12.1 Å². The van der Waals surface area contributed by atoms with Crippen molar-refractivity contribution in [2.45, 2.75) is 34.1 Å². The van der Waals surface area contributed by atoms with Gasteiger partial charge in [-0.25, -0.2) is 9.78 Å². The van der Waals surface area contributed by atoms with Crippen LogP contribution in [0.3, 0.4) is 0 Å². The van der Waals surface area contributed by atoms with Crippen LogP contribution < -0.4 is 4.74 Å². The van der Waals surface area contributed by atoms with E-state index in [1.54, 1.807) is 6.92 Å². The number of nitrogens with zero attached hydrogens (tertiary/aromatic N) is 1. The molecule has 0 atom stereocenters. The Morgan fingerprint density at radius 1 is 1.41 bits per heavy atom. The van der Waals surface area contributed by atoms with E-state index in [4.69, 9.17) is 9.84 Å². The topological polar surface area (TPSA) is 59.4 Å². The Hall–Kier alpha value is -1.58. The van der Waals surface area contributed by atoms with Gasteiger partial charge in [0, 0.05) is 11.8 Å². The van der Waals surface area contributed by atoms with Crippen LogP contribution in [0.2, 0.25) is 0 Å². The molecule has 4 nitrogen and oxygen atoms in total. The second kappa shape index (κ2) is 5.17. The predicted octanol–water partition coefficient (Wildman–Crippen LogP) is 2.90. The van der Waals surface area contributed by atoms with E-state index < -0.39 is 5.97 Å². The smallest absolute Gasteiger partial charge is 0.335 e. The second-order valence-electron chi connectivity index (χ2n) is 5.30. The van der Waals surface area contributed by atoms with Crippen LogP contribution in [0, 0.1) is 12.3 Å². The number of ether oxygens (including phenoxy) is 1. The molecule has 0 saturated carbocycles. The molecule has 1 rings (SSSR count). The number of aryl methyl sites for hydroxylation is 1. The molecule has 0 saturated heterocycles. The lowest BCUT2D eigenvalue weighted by atomic mass is 9.93. The molecule has 0 fully saturated rings. The van der Waals surface area contributed by atoms with E-state index in [1.807, 2.05) is 0 Å². The van der Waals surface area contributed by atoms with Gasteiger partial charge in [-0.3, -0.25) is 0 Å². The minimum absolute atomic E-state index is 0.194. The van der Waals surface area contributed by atoms with Crippen LogP contribution in [0.15, 0.2) is 12.1 Å². The van der Waals surface area contributed by atoms with Crippen LogP contribution in [0.4, 0.5) is 0 Å². The number of carbonyl (C=O) groups is 1. The van der Waals surface area contributed by atoms with E-state index in [0.717, 1.165) is 6.42 Å². The Morgan fingerprint density at radius 2 is 2.06 bits per heavy atom. The van der Waals surface area contributed by atoms with Crippen molar-refractivity contribution in [3.05, 3.63) is 23.4 Å². The van der Waals surface area contributed by atoms with Crippen molar-refractivity contribution in [2.75, 3.05) is 6.61 Å². The molecule has 0 spiro atoms. The first-order chi connectivity index (χ1) is 7.78. The molecule has 0 radical (unpaired) electrons. The predicted molar refractivity (Wildman–Crippen MR) is 65.5 cm³/mol. The van der Waals surface area contributed by atoms with E-state index in [2.05, 4.69) is 25.8 Å². The molecule has 4 heteroatoms. The van der Waals surface area contributed by atoms with E-state index >= 15 is 0 Å². The Kier molecular flexibility index (Phi) is 4.10. The highest BCUT2D eigenvalue weighted by molar-refractivity contribution is 5.87. The van der Waals surface area contributed by atoms with Crippen molar-refractivity contribution in [3.63, 3.8) is 0 Å². The molecule has 94 valence electrons. The van der Waals surface area contributed by atoms with Gasteiger partial charge >= 0.3 is 5.97 Å². The third-order valence-electron chi connectivity index (χ3n) is 2.28. The Bertz CT molecular complexity index is 408. The normalized spacial score (nSPS) is 11.3. The number of carboxylic acid groups (broad SMARTS) is 1. The zero-order valence-corrected chi connectivity index (χ0v) is 10.8. The molecule has 0 aliphatic rings. The molecule has 0 bridgehead atoms. The highest BCUT2D eigenvalue weighted by Crippen LogP contribution is 2.19. The number of rotatable bonds is 4. The quantitative estimate of drug-likeness (QED) is 0.874. The zero-order chi connectivity index (χ0) is 13.1. The summed E-state index contributed by atoms with van der Waals surface area (Å²) in [6.07, 6.45) is 0.894. The Morgan fingerprint density at radius 3 is 2.59 bits per heavy atom. The summed E-state index contributed by atoms with van der Waals surface area (Å²) < 4.78 is 5.48. The monoisotopic (exact) mass is 237 g/mol. The van der Waals surface area contributed by atoms with Crippen molar-refractivity contribution in [2.24, 2.45) is 5.41 Å². The van der Waals surface area contributed by atoms with Gasteiger partial charge in [-0.1, -0.05) is 20.8 Å². The number of aromatic carboxylic acids is 1. The first-order valence-electron chi connectivity index (χ1n) is 5.63. The van der Waals surface area contributed by atoms with Crippen molar-refractivity contribution >= 4 is 5.97 Å². The minimum Gasteiger partial charge on any atom is -0.478 e. The summed E-state index contributed by atoms with van der Waals surface area (Å²) in [5.41, 5.74) is 1.05. The minimum atomic E-state index is -0.962. The lowest BCUT2D eigenvalue weighted by molar-refractivity contribution is 0.0695. The molecular formula is C13H19NO3. The standard InChI is InChI=1S/C13H19NO3/c1-9-7-10(12(15)16)8-11(14-9)17-6-5-13(2,3)4/h7-8H,5-6H2,1-4H3,(H,15,16). The van der Waals surface area contributed by atoms with E-state index in [0.29, 0.717) is 18.2 Å². The van der Waals surface area contributed by atoms with Gasteiger partial charge in [0.05, 0.1) is 12.2 Å². The van der Waals surface area contributed by atoms with Gasteiger partial charge < -0.3 is 9.84 Å². The summed E-state index contributed by atoms with van der Waals surface area (Å²) in [7, 11) is 0. The van der Waals surface area contributed by atoms with Crippen molar-refractivity contribution < 1.29 is 14.6 Å². The third kappa shape index (κ3) is 4.85. The number of hydrogen-bond donors (Lipinski definition) is 1. The van der Waals surface area contributed by atoms with Gasteiger partial charge in [0.2, 0.25) is 5.88 Å². The van der Waals surface area contributed by atoms with Gasteiger partial charge in [-0.05, 0) is 24.8 Å². The van der Waals surface area contributed by atoms with Crippen molar-refractivity contribution in [3.8, 4) is 5.88 Å². The second-order valence-corrected chi connectivity index (χ2v) is 5.30. The molecule has 1 N–H and O–H groups in total. The fraction of sp³-hybridized carbons (Fsp3) is 0.538. The molecular weight excluding hydrogens is 218 g/mol. The van der Waals surface area contributed by atoms with Crippen LogP contribution in [-0.4, -0.2) is 22.7 Å². The molecule has 1 heterocycles. The van der Waals surface area contributed by atoms with Gasteiger partial charge in [0.25, 0.3) is 0 Å². The zero-order valence-electron chi connectivity index (χ0n) is 10.8. The maximum absolute atomic E-state index is 10.9. The lowest BCUT2D eigenvalue weighted by Crippen LogP contribution is -2.12. The van der Waals surface area contributed by atoms with E-state index in [9.17, 15) is 4.79 Å². The summed E-state index contributed by atoms with van der Waals surface area (Å²) in [5.74, 6) is -0.581. The first kappa shape index (κ1) is 13.5. The molecule has 17 heavy (non-hydrogen) atoms. The van der Waals surface area contributed by atoms with Crippen LogP contribution in [0.5, 0.6) is 5.88 Å². The Labute approximate surface area is 102 Å². The maximum atomic E-state index is 10.9. The van der Waals surface area contributed by atoms with Crippen LogP contribution >= 0.6 is 0 Å². The molecule has 1 aromatic rings. The van der Waals surface area contributed by atoms with E-state index in [-0.39, 0.29) is 11.0 Å². The van der Waals surface area contributed by atoms with Crippen molar-refractivity contribution in [1.82, 2.24) is 4.98 Å². The summed E-state index contributed by atoms with van der Waals surface area (Å²) in [4.78, 5) is 15.0. The maximum Gasteiger partial charge on any atom is 0.335 e. The van der Waals surface area contributed by atoms with Gasteiger partial charge in [0.15, 0.2) is 0 Å². The highest BCUT2D eigenvalue weighted by atomic mass is 16.5. The highest BCUT2D eigenvalue weighted by Gasteiger charge is 2.11. The molecule has 0 aromatic carbocycles. The molecule has 0 aliphatic heterocycles. The van der Waals surface area contributed by atoms with Crippen LogP contribution in [0.25, 0.3) is 0 Å². The molecule has 0 amide bonds. The average molecular weight is 237 g/mol. The van der Waals surface area contributed by atoms with Crippen LogP contribution in [-0.2, 0) is 0 Å². The number of aromatic nitrogens is 1. The fourth-order valence-corrected chi connectivity index (χ4v) is 1.30. The summed E-state index contributed by atoms with van der Waals surface area (Å²) in [6, 6.07) is 2.98. The summed E-state index contributed by atoms with van der Waals surface area (Å²) >= 11 is 0. The van der Waals surface area contributed by atoms with Crippen molar-refractivity contribution in [1.29, 1.82) is 0 Å². The van der Waals surface area contributed by atoms with Gasteiger partial charge in [0.1, 0.15) is 0 Å². The largest absolute Gasteiger partial charge is 0.478 e. The van der Waals surface area contributed by atoms with Crippen LogP contribution in [0.1, 0.15) is 43.2 Å². The number of hydrogen-bond acceptors (Lipinski definition) is 3. The SMILES string of the molecule is Cc1cc(C(=O)O)cc(OCCC(C)(C)C)n1. The molecule has 0 unspecified atom stereocenters. The third-order valence-corrected chi connectivity index (χ3v) is 2.28. The summed E-state index contributed by atoms with van der Waals surface area (Å²) in [5, 5.41) is 8.91. The van der Waals surface area contributed by atoms with Gasteiger partial charge in [-0.15, -0.1) is 0 Å².